The zero-order valence-corrected chi connectivity index (χ0v) is 7.08. The molecule has 0 spiro atoms. The molecule has 0 fully saturated rings. The summed E-state index contributed by atoms with van der Waals surface area (Å²) in [5.74, 6) is -2.03. The molecule has 0 nitrogen and oxygen atoms in total. The predicted molar refractivity (Wildman–Crippen MR) is 40.9 cm³/mol. The zero-order valence-electron chi connectivity index (χ0n) is 6.33. The Labute approximate surface area is 77.1 Å². The number of hydrogen-bond donors (Lipinski definition) is 0. The third-order valence-corrected chi connectivity index (χ3v) is 1.57. The normalized spacial score (nSPS) is 11.8. The van der Waals surface area contributed by atoms with Gasteiger partial charge in [0.25, 0.3) is 0 Å². The molecule has 0 heterocycles. The van der Waals surface area contributed by atoms with Gasteiger partial charge in [-0.25, -0.2) is 8.78 Å². The van der Waals surface area contributed by atoms with Gasteiger partial charge in [-0.2, -0.15) is 8.78 Å². The van der Waals surface area contributed by atoms with Gasteiger partial charge in [0, 0.05) is 5.56 Å². The number of alkyl halides is 3. The Morgan fingerprint density at radius 2 is 1.62 bits per heavy atom. The zero-order chi connectivity index (χ0) is 10.1. The molecule has 0 atom stereocenters. The fourth-order valence-electron chi connectivity index (χ4n) is 0.902. The summed E-state index contributed by atoms with van der Waals surface area (Å²) in [5.41, 5.74) is -0.692. The lowest BCUT2D eigenvalue weighted by molar-refractivity contribution is 0.0946. The van der Waals surface area contributed by atoms with Crippen molar-refractivity contribution in [3.63, 3.8) is 0 Å². The fraction of sp³-hybridized carbons (Fsp3) is 0.250. The molecule has 1 aromatic carbocycles. The fourth-order valence-corrected chi connectivity index (χ4v) is 1.04. The van der Waals surface area contributed by atoms with E-state index in [0.717, 1.165) is 18.2 Å². The number of halogens is 5. The first-order valence-corrected chi connectivity index (χ1v) is 3.77. The van der Waals surface area contributed by atoms with E-state index in [2.05, 4.69) is 11.6 Å². The van der Waals surface area contributed by atoms with Gasteiger partial charge in [-0.3, -0.25) is 0 Å². The SMILES string of the molecule is Fc1cccc(F)c1CC(F)(F)Cl. The highest BCUT2D eigenvalue weighted by Crippen LogP contribution is 2.26. The smallest absolute Gasteiger partial charge is 0.207 e. The molecule has 1 rings (SSSR count). The van der Waals surface area contributed by atoms with E-state index in [-0.39, 0.29) is 0 Å². The molecule has 0 radical (unpaired) electrons. The summed E-state index contributed by atoms with van der Waals surface area (Å²) in [6.07, 6.45) is -1.15. The van der Waals surface area contributed by atoms with E-state index in [1.807, 2.05) is 0 Å². The van der Waals surface area contributed by atoms with Crippen molar-refractivity contribution >= 4 is 11.6 Å². The summed E-state index contributed by atoms with van der Waals surface area (Å²) in [5, 5.41) is -3.62. The Bertz CT molecular complexity index is 285. The van der Waals surface area contributed by atoms with Gasteiger partial charge in [0.2, 0.25) is 0 Å². The summed E-state index contributed by atoms with van der Waals surface area (Å²) in [6, 6.07) is 2.91. The van der Waals surface area contributed by atoms with Crippen LogP contribution in [0.15, 0.2) is 18.2 Å². The van der Waals surface area contributed by atoms with Crippen molar-refractivity contribution in [2.24, 2.45) is 0 Å². The highest BCUT2D eigenvalue weighted by atomic mass is 35.5. The van der Waals surface area contributed by atoms with Crippen LogP contribution < -0.4 is 0 Å². The average molecular weight is 213 g/mol. The topological polar surface area (TPSA) is 0 Å². The molecule has 0 saturated carbocycles. The van der Waals surface area contributed by atoms with E-state index in [0.29, 0.717) is 0 Å². The number of rotatable bonds is 2. The van der Waals surface area contributed by atoms with Crippen molar-refractivity contribution in [2.75, 3.05) is 0 Å². The maximum absolute atomic E-state index is 12.7. The van der Waals surface area contributed by atoms with Gasteiger partial charge in [0.05, 0.1) is 6.42 Å². The molecular weight excluding hydrogens is 208 g/mol. The average Bonchev–Trinajstić information content (AvgIpc) is 1.95. The minimum absolute atomic E-state index is 0.692. The first-order valence-electron chi connectivity index (χ1n) is 3.40. The van der Waals surface area contributed by atoms with E-state index in [9.17, 15) is 17.6 Å². The molecular formula is C8H5ClF4. The quantitative estimate of drug-likeness (QED) is 0.521. The second-order valence-electron chi connectivity index (χ2n) is 2.49. The molecule has 0 unspecified atom stereocenters. The standard InChI is InChI=1S/C8H5ClF4/c9-8(12,13)4-5-6(10)2-1-3-7(5)11/h1-3H,4H2. The molecule has 0 bridgehead atoms. The highest BCUT2D eigenvalue weighted by molar-refractivity contribution is 6.21. The van der Waals surface area contributed by atoms with Gasteiger partial charge in [0.1, 0.15) is 11.6 Å². The predicted octanol–water partition coefficient (Wildman–Crippen LogP) is 3.34. The molecule has 5 heteroatoms. The van der Waals surface area contributed by atoms with Crippen LogP contribution in [-0.2, 0) is 6.42 Å². The molecule has 0 aliphatic heterocycles. The maximum Gasteiger partial charge on any atom is 0.325 e. The van der Waals surface area contributed by atoms with Crippen LogP contribution in [-0.4, -0.2) is 5.38 Å². The largest absolute Gasteiger partial charge is 0.325 e. The van der Waals surface area contributed by atoms with Crippen LogP contribution in [0.1, 0.15) is 5.56 Å². The second kappa shape index (κ2) is 3.54. The Kier molecular flexibility index (Phi) is 2.81. The minimum atomic E-state index is -3.62. The first-order chi connectivity index (χ1) is 5.90. The molecule has 72 valence electrons. The van der Waals surface area contributed by atoms with E-state index < -0.39 is 29.0 Å². The third kappa shape index (κ3) is 2.88. The molecule has 0 N–H and O–H groups in total. The van der Waals surface area contributed by atoms with Crippen molar-refractivity contribution in [3.05, 3.63) is 35.4 Å². The van der Waals surface area contributed by atoms with Crippen molar-refractivity contribution in [1.82, 2.24) is 0 Å². The summed E-state index contributed by atoms with van der Waals surface area (Å²) in [7, 11) is 0. The Morgan fingerprint density at radius 3 is 2.00 bits per heavy atom. The van der Waals surface area contributed by atoms with Gasteiger partial charge < -0.3 is 0 Å². The van der Waals surface area contributed by atoms with Crippen LogP contribution in [0.25, 0.3) is 0 Å². The Hall–Kier alpha value is -0.770. The number of benzene rings is 1. The lowest BCUT2D eigenvalue weighted by Crippen LogP contribution is -2.12. The molecule has 0 aliphatic carbocycles. The van der Waals surface area contributed by atoms with Crippen LogP contribution in [0.3, 0.4) is 0 Å². The van der Waals surface area contributed by atoms with Crippen LogP contribution in [0, 0.1) is 11.6 Å². The van der Waals surface area contributed by atoms with Crippen LogP contribution in [0.4, 0.5) is 17.6 Å². The van der Waals surface area contributed by atoms with Crippen molar-refractivity contribution in [1.29, 1.82) is 0 Å². The van der Waals surface area contributed by atoms with Crippen molar-refractivity contribution < 1.29 is 17.6 Å². The Morgan fingerprint density at radius 1 is 1.15 bits per heavy atom. The van der Waals surface area contributed by atoms with Gasteiger partial charge in [0.15, 0.2) is 0 Å². The number of hydrogen-bond acceptors (Lipinski definition) is 0. The van der Waals surface area contributed by atoms with E-state index in [4.69, 9.17) is 0 Å². The molecule has 0 saturated heterocycles. The monoisotopic (exact) mass is 212 g/mol. The molecule has 0 aromatic heterocycles. The molecule has 13 heavy (non-hydrogen) atoms. The summed E-state index contributed by atoms with van der Waals surface area (Å²) < 4.78 is 49.9. The van der Waals surface area contributed by atoms with Crippen LogP contribution >= 0.6 is 11.6 Å². The third-order valence-electron chi connectivity index (χ3n) is 1.44. The lowest BCUT2D eigenvalue weighted by Gasteiger charge is -2.08. The van der Waals surface area contributed by atoms with Gasteiger partial charge in [-0.05, 0) is 23.7 Å². The summed E-state index contributed by atoms with van der Waals surface area (Å²) in [4.78, 5) is 0. The molecule has 0 aliphatic rings. The van der Waals surface area contributed by atoms with Gasteiger partial charge >= 0.3 is 5.38 Å². The van der Waals surface area contributed by atoms with E-state index in [1.54, 1.807) is 0 Å². The Balaban J connectivity index is 3.00. The van der Waals surface area contributed by atoms with Gasteiger partial charge in [-0.1, -0.05) is 6.07 Å². The van der Waals surface area contributed by atoms with E-state index in [1.165, 1.54) is 0 Å². The van der Waals surface area contributed by atoms with Crippen LogP contribution in [0.5, 0.6) is 0 Å². The van der Waals surface area contributed by atoms with Crippen molar-refractivity contribution in [3.8, 4) is 0 Å². The lowest BCUT2D eigenvalue weighted by atomic mass is 10.1. The second-order valence-corrected chi connectivity index (χ2v) is 3.05. The highest BCUT2D eigenvalue weighted by Gasteiger charge is 2.28. The summed E-state index contributed by atoms with van der Waals surface area (Å²) >= 11 is 4.54. The van der Waals surface area contributed by atoms with Gasteiger partial charge in [-0.15, -0.1) is 0 Å². The summed E-state index contributed by atoms with van der Waals surface area (Å²) in [6.45, 7) is 0. The molecule has 0 amide bonds. The first kappa shape index (κ1) is 10.3. The maximum atomic E-state index is 12.7. The minimum Gasteiger partial charge on any atom is -0.207 e. The molecule has 1 aromatic rings. The van der Waals surface area contributed by atoms with Crippen LogP contribution in [0.2, 0.25) is 0 Å². The van der Waals surface area contributed by atoms with E-state index >= 15 is 0 Å². The van der Waals surface area contributed by atoms with Crippen molar-refractivity contribution in [2.45, 2.75) is 11.8 Å².